The van der Waals surface area contributed by atoms with Crippen LogP contribution in [-0.2, 0) is 13.6 Å². The fourth-order valence-corrected chi connectivity index (χ4v) is 3.42. The molecule has 0 spiro atoms. The number of aromatic nitrogens is 3. The molecule has 1 aliphatic rings. The minimum absolute atomic E-state index is 0.443. The molecule has 2 aromatic heterocycles. The number of benzene rings is 1. The first-order chi connectivity index (χ1) is 15.4. The lowest BCUT2D eigenvalue weighted by atomic mass is 9.91. The van der Waals surface area contributed by atoms with E-state index >= 15 is 0 Å². The molecule has 1 fully saturated rings. The standard InChI is InChI=1S/C21H21F3N4O.CH4N2/c1-27-12-20(26-13-27)28(16-3-2-4-16)11-14-7-8-25-18(9-14)15-5-6-17(22)19(10-15)29-21(23)24;2-1-3/h5-10,12-13,16,21H,2-4,11H2,1H3;1H,(H3,2,3). The monoisotopic (exact) mass is 446 g/mol. The maximum atomic E-state index is 13.7. The van der Waals surface area contributed by atoms with Crippen molar-refractivity contribution in [2.45, 2.75) is 38.5 Å². The van der Waals surface area contributed by atoms with Gasteiger partial charge in [-0.05, 0) is 55.2 Å². The van der Waals surface area contributed by atoms with Gasteiger partial charge in [-0.2, -0.15) is 8.78 Å². The third-order valence-electron chi connectivity index (χ3n) is 5.12. The van der Waals surface area contributed by atoms with Crippen molar-refractivity contribution in [1.29, 1.82) is 5.41 Å². The molecular formula is C22H25F3N6O. The SMILES string of the molecule is Cn1cnc(N(Cc2ccnc(-c3ccc(F)c(OC(F)F)c3)c2)C2CCC2)c1.N=CN. The van der Waals surface area contributed by atoms with Gasteiger partial charge in [-0.1, -0.05) is 0 Å². The number of imidazole rings is 1. The topological polar surface area (TPSA) is 93.0 Å². The molecule has 0 saturated heterocycles. The maximum absolute atomic E-state index is 13.7. The van der Waals surface area contributed by atoms with E-state index in [9.17, 15) is 13.2 Å². The number of rotatable bonds is 7. The molecule has 1 aliphatic carbocycles. The number of nitrogens with one attached hydrogen (secondary N) is 1. The van der Waals surface area contributed by atoms with Crippen molar-refractivity contribution in [1.82, 2.24) is 14.5 Å². The molecule has 7 nitrogen and oxygen atoms in total. The summed E-state index contributed by atoms with van der Waals surface area (Å²) in [5.41, 5.74) is 6.47. The Morgan fingerprint density at radius 3 is 2.62 bits per heavy atom. The van der Waals surface area contributed by atoms with E-state index in [1.807, 2.05) is 29.9 Å². The second-order valence-corrected chi connectivity index (χ2v) is 7.35. The number of ether oxygens (including phenoxy) is 1. The van der Waals surface area contributed by atoms with Crippen molar-refractivity contribution < 1.29 is 17.9 Å². The maximum Gasteiger partial charge on any atom is 0.387 e. The van der Waals surface area contributed by atoms with Crippen LogP contribution in [-0.4, -0.2) is 33.5 Å². The second kappa shape index (κ2) is 10.7. The molecular weight excluding hydrogens is 421 g/mol. The highest BCUT2D eigenvalue weighted by Gasteiger charge is 2.26. The molecule has 0 aliphatic heterocycles. The number of aryl methyl sites for hydroxylation is 1. The summed E-state index contributed by atoms with van der Waals surface area (Å²) in [6, 6.07) is 8.10. The largest absolute Gasteiger partial charge is 0.432 e. The average Bonchev–Trinajstić information content (AvgIpc) is 3.14. The lowest BCUT2D eigenvalue weighted by molar-refractivity contribution is -0.0521. The molecule has 4 rings (SSSR count). The summed E-state index contributed by atoms with van der Waals surface area (Å²) in [7, 11) is 1.94. The minimum atomic E-state index is -3.09. The van der Waals surface area contributed by atoms with Gasteiger partial charge in [0, 0.05) is 37.6 Å². The van der Waals surface area contributed by atoms with Crippen LogP contribution >= 0.6 is 0 Å². The van der Waals surface area contributed by atoms with Gasteiger partial charge in [0.2, 0.25) is 0 Å². The predicted molar refractivity (Wildman–Crippen MR) is 116 cm³/mol. The quantitative estimate of drug-likeness (QED) is 0.416. The van der Waals surface area contributed by atoms with Gasteiger partial charge in [-0.3, -0.25) is 10.4 Å². The Kier molecular flexibility index (Phi) is 7.69. The molecule has 10 heteroatoms. The van der Waals surface area contributed by atoms with Crippen LogP contribution in [0, 0.1) is 11.2 Å². The van der Waals surface area contributed by atoms with E-state index in [1.54, 1.807) is 12.5 Å². The van der Waals surface area contributed by atoms with Crippen molar-refractivity contribution in [3.8, 4) is 17.0 Å². The van der Waals surface area contributed by atoms with Crippen LogP contribution in [0.2, 0.25) is 0 Å². The smallest absolute Gasteiger partial charge is 0.387 e. The van der Waals surface area contributed by atoms with Crippen molar-refractivity contribution in [3.05, 3.63) is 60.4 Å². The molecule has 1 saturated carbocycles. The highest BCUT2D eigenvalue weighted by atomic mass is 19.3. The Hall–Kier alpha value is -3.56. The van der Waals surface area contributed by atoms with Gasteiger partial charge < -0.3 is 19.9 Å². The molecule has 0 radical (unpaired) electrons. The van der Waals surface area contributed by atoms with Crippen LogP contribution in [0.5, 0.6) is 5.75 Å². The second-order valence-electron chi connectivity index (χ2n) is 7.35. The van der Waals surface area contributed by atoms with Crippen molar-refractivity contribution in [2.75, 3.05) is 4.90 Å². The fourth-order valence-electron chi connectivity index (χ4n) is 3.42. The van der Waals surface area contributed by atoms with Crippen LogP contribution in [0.4, 0.5) is 19.0 Å². The minimum Gasteiger partial charge on any atom is -0.432 e. The van der Waals surface area contributed by atoms with E-state index < -0.39 is 18.2 Å². The third-order valence-corrected chi connectivity index (χ3v) is 5.12. The number of nitrogens with two attached hydrogens (primary N) is 1. The Labute approximate surface area is 184 Å². The Balaban J connectivity index is 0.000000913. The zero-order valence-electron chi connectivity index (χ0n) is 17.6. The number of alkyl halides is 2. The number of anilines is 1. The molecule has 0 amide bonds. The van der Waals surface area contributed by atoms with Crippen LogP contribution in [0.1, 0.15) is 24.8 Å². The van der Waals surface area contributed by atoms with E-state index in [2.05, 4.69) is 25.3 Å². The molecule has 0 unspecified atom stereocenters. The number of nitrogens with zero attached hydrogens (tertiary/aromatic N) is 4. The fraction of sp³-hybridized carbons (Fsp3) is 0.318. The highest BCUT2D eigenvalue weighted by molar-refractivity contribution is 5.62. The summed E-state index contributed by atoms with van der Waals surface area (Å²) in [6.45, 7) is -2.44. The lowest BCUT2D eigenvalue weighted by Gasteiger charge is -2.38. The van der Waals surface area contributed by atoms with Crippen molar-refractivity contribution in [3.63, 3.8) is 0 Å². The first kappa shape index (κ1) is 23.1. The summed E-state index contributed by atoms with van der Waals surface area (Å²) in [5.74, 6) is -0.407. The zero-order valence-corrected chi connectivity index (χ0v) is 17.6. The molecule has 170 valence electrons. The number of hydrogen-bond donors (Lipinski definition) is 2. The van der Waals surface area contributed by atoms with E-state index in [-0.39, 0.29) is 0 Å². The van der Waals surface area contributed by atoms with Gasteiger partial charge in [-0.15, -0.1) is 0 Å². The summed E-state index contributed by atoms with van der Waals surface area (Å²) in [6.07, 6.45) is 9.65. The summed E-state index contributed by atoms with van der Waals surface area (Å²) < 4.78 is 44.9. The van der Waals surface area contributed by atoms with Gasteiger partial charge in [0.25, 0.3) is 0 Å². The first-order valence-corrected chi connectivity index (χ1v) is 10.1. The Bertz CT molecular complexity index is 1040. The Morgan fingerprint density at radius 2 is 2.03 bits per heavy atom. The molecule has 32 heavy (non-hydrogen) atoms. The van der Waals surface area contributed by atoms with Crippen LogP contribution < -0.4 is 15.4 Å². The van der Waals surface area contributed by atoms with Gasteiger partial charge in [0.1, 0.15) is 5.82 Å². The van der Waals surface area contributed by atoms with Gasteiger partial charge in [0.05, 0.1) is 18.4 Å². The number of hydrogen-bond acceptors (Lipinski definition) is 5. The summed E-state index contributed by atoms with van der Waals surface area (Å²) in [4.78, 5) is 11.1. The van der Waals surface area contributed by atoms with Crippen molar-refractivity contribution in [2.24, 2.45) is 12.8 Å². The molecule has 3 aromatic rings. The highest BCUT2D eigenvalue weighted by Crippen LogP contribution is 2.31. The third kappa shape index (κ3) is 5.77. The zero-order chi connectivity index (χ0) is 23.1. The molecule has 0 atom stereocenters. The van der Waals surface area contributed by atoms with Crippen LogP contribution in [0.3, 0.4) is 0 Å². The van der Waals surface area contributed by atoms with E-state index in [1.165, 1.54) is 18.6 Å². The predicted octanol–water partition coefficient (Wildman–Crippen LogP) is 4.33. The summed E-state index contributed by atoms with van der Waals surface area (Å²) in [5, 5.41) is 5.86. The molecule has 1 aromatic carbocycles. The van der Waals surface area contributed by atoms with Crippen LogP contribution in [0.15, 0.2) is 49.1 Å². The molecule has 3 N–H and O–H groups in total. The van der Waals surface area contributed by atoms with Gasteiger partial charge in [0.15, 0.2) is 11.6 Å². The lowest BCUT2D eigenvalue weighted by Crippen LogP contribution is -2.40. The van der Waals surface area contributed by atoms with E-state index in [0.29, 0.717) is 23.8 Å². The van der Waals surface area contributed by atoms with Gasteiger partial charge in [-0.25, -0.2) is 9.37 Å². The van der Waals surface area contributed by atoms with Crippen molar-refractivity contribution >= 4 is 12.2 Å². The Morgan fingerprint density at radius 1 is 1.28 bits per heavy atom. The van der Waals surface area contributed by atoms with Gasteiger partial charge >= 0.3 is 6.61 Å². The number of halogens is 3. The van der Waals surface area contributed by atoms with E-state index in [4.69, 9.17) is 5.41 Å². The normalized spacial score (nSPS) is 13.2. The first-order valence-electron chi connectivity index (χ1n) is 10.1. The molecule has 2 heterocycles. The van der Waals surface area contributed by atoms with E-state index in [0.717, 1.165) is 36.6 Å². The number of pyridine rings is 1. The van der Waals surface area contributed by atoms with Crippen LogP contribution in [0.25, 0.3) is 11.3 Å². The summed E-state index contributed by atoms with van der Waals surface area (Å²) >= 11 is 0. The molecule has 0 bridgehead atoms. The average molecular weight is 446 g/mol.